The van der Waals surface area contributed by atoms with E-state index in [2.05, 4.69) is 23.4 Å². The highest BCUT2D eigenvalue weighted by molar-refractivity contribution is 6.06. The van der Waals surface area contributed by atoms with E-state index in [0.717, 1.165) is 54.1 Å². The highest BCUT2D eigenvalue weighted by atomic mass is 16.2. The van der Waals surface area contributed by atoms with E-state index < -0.39 is 6.04 Å². The summed E-state index contributed by atoms with van der Waals surface area (Å²) in [7, 11) is 0. The summed E-state index contributed by atoms with van der Waals surface area (Å²) < 4.78 is 1.70. The van der Waals surface area contributed by atoms with Gasteiger partial charge in [0.2, 0.25) is 11.8 Å². The van der Waals surface area contributed by atoms with Crippen LogP contribution in [0.5, 0.6) is 0 Å². The molecule has 2 aliphatic heterocycles. The standard InChI is InChI=1S/C29H38N4O4/c1-5-23(35)22-13-29-14-24(29)33(22)26(37)15-32-28-20(9-7-6-8-17(2)12-25(36)30-16-29)10-18(3)11-21(28)27(31-32)19(4)34/h10-11,17,22,24H,5-9,12-16H2,1-4H3,(H,30,36)/t17-,22-,24+,29-/m0/s1. The predicted molar refractivity (Wildman–Crippen MR) is 140 cm³/mol. The third-order valence-corrected chi connectivity index (χ3v) is 8.68. The highest BCUT2D eigenvalue weighted by Gasteiger charge is 2.66. The molecule has 4 atom stereocenters. The molecule has 1 aromatic heterocycles. The number of hydrogen-bond acceptors (Lipinski definition) is 5. The molecule has 2 aromatic rings. The number of carbonyl (C=O) groups is 4. The zero-order valence-corrected chi connectivity index (χ0v) is 22.4. The van der Waals surface area contributed by atoms with Crippen molar-refractivity contribution in [1.29, 1.82) is 0 Å². The number of carbonyl (C=O) groups excluding carboxylic acids is 4. The Morgan fingerprint density at radius 2 is 1.97 bits per heavy atom. The minimum Gasteiger partial charge on any atom is -0.355 e. The maximum Gasteiger partial charge on any atom is 0.245 e. The van der Waals surface area contributed by atoms with Gasteiger partial charge in [0, 0.05) is 43.2 Å². The third kappa shape index (κ3) is 4.71. The monoisotopic (exact) mass is 506 g/mol. The summed E-state index contributed by atoms with van der Waals surface area (Å²) in [4.78, 5) is 53.7. The molecule has 1 aromatic carbocycles. The lowest BCUT2D eigenvalue weighted by Crippen LogP contribution is -2.44. The molecule has 8 heteroatoms. The van der Waals surface area contributed by atoms with E-state index in [-0.39, 0.29) is 47.3 Å². The molecule has 3 aliphatic rings. The van der Waals surface area contributed by atoms with Crippen molar-refractivity contribution in [2.24, 2.45) is 11.3 Å². The maximum absolute atomic E-state index is 13.8. The first kappa shape index (κ1) is 25.6. The van der Waals surface area contributed by atoms with Crippen LogP contribution in [0, 0.1) is 18.3 Å². The zero-order chi connectivity index (χ0) is 26.5. The van der Waals surface area contributed by atoms with Gasteiger partial charge in [-0.05, 0) is 50.2 Å². The number of nitrogens with one attached hydrogen (secondary N) is 1. The van der Waals surface area contributed by atoms with Crippen molar-refractivity contribution < 1.29 is 19.2 Å². The molecule has 37 heavy (non-hydrogen) atoms. The Kier molecular flexibility index (Phi) is 6.71. The average molecular weight is 507 g/mol. The van der Waals surface area contributed by atoms with Crippen LogP contribution in [0.2, 0.25) is 0 Å². The Hall–Kier alpha value is -3.03. The Morgan fingerprint density at radius 3 is 2.70 bits per heavy atom. The lowest BCUT2D eigenvalue weighted by Gasteiger charge is -2.26. The number of rotatable bonds is 3. The number of amides is 2. The molecule has 5 rings (SSSR count). The van der Waals surface area contributed by atoms with Crippen LogP contribution >= 0.6 is 0 Å². The first-order valence-corrected chi connectivity index (χ1v) is 13.7. The van der Waals surface area contributed by atoms with Crippen LogP contribution < -0.4 is 5.32 Å². The van der Waals surface area contributed by atoms with E-state index in [1.807, 2.05) is 19.9 Å². The van der Waals surface area contributed by atoms with Crippen LogP contribution in [0.3, 0.4) is 0 Å². The summed E-state index contributed by atoms with van der Waals surface area (Å²) in [6.07, 6.45) is 5.96. The largest absolute Gasteiger partial charge is 0.355 e. The van der Waals surface area contributed by atoms with Crippen molar-refractivity contribution in [3.8, 4) is 0 Å². The van der Waals surface area contributed by atoms with Gasteiger partial charge >= 0.3 is 0 Å². The Morgan fingerprint density at radius 1 is 1.19 bits per heavy atom. The van der Waals surface area contributed by atoms with E-state index in [4.69, 9.17) is 0 Å². The fraction of sp³-hybridized carbons (Fsp3) is 0.621. The van der Waals surface area contributed by atoms with Gasteiger partial charge in [0.15, 0.2) is 11.6 Å². The third-order valence-electron chi connectivity index (χ3n) is 8.68. The van der Waals surface area contributed by atoms with Crippen molar-refractivity contribution >= 4 is 34.3 Å². The number of piperidine rings is 1. The molecule has 8 nitrogen and oxygen atoms in total. The van der Waals surface area contributed by atoms with Gasteiger partial charge in [0.05, 0.1) is 11.6 Å². The Labute approximate surface area is 218 Å². The molecule has 2 fully saturated rings. The van der Waals surface area contributed by atoms with Crippen LogP contribution in [-0.2, 0) is 27.3 Å². The molecule has 1 N–H and O–H groups in total. The van der Waals surface area contributed by atoms with Gasteiger partial charge in [-0.3, -0.25) is 23.9 Å². The lowest BCUT2D eigenvalue weighted by molar-refractivity contribution is -0.139. The predicted octanol–water partition coefficient (Wildman–Crippen LogP) is 3.75. The van der Waals surface area contributed by atoms with Crippen molar-refractivity contribution in [1.82, 2.24) is 20.0 Å². The summed E-state index contributed by atoms with van der Waals surface area (Å²) in [5.41, 5.74) is 3.15. The van der Waals surface area contributed by atoms with Gasteiger partial charge in [0.25, 0.3) is 0 Å². The van der Waals surface area contributed by atoms with E-state index in [1.54, 1.807) is 9.58 Å². The van der Waals surface area contributed by atoms with Crippen LogP contribution in [0.15, 0.2) is 12.1 Å². The van der Waals surface area contributed by atoms with Gasteiger partial charge in [-0.2, -0.15) is 5.10 Å². The Balaban J connectivity index is 1.56. The molecule has 0 radical (unpaired) electrons. The summed E-state index contributed by atoms with van der Waals surface area (Å²) in [5, 5.41) is 8.55. The van der Waals surface area contributed by atoms with Crippen LogP contribution in [-0.4, -0.2) is 56.7 Å². The number of aryl methyl sites for hydroxylation is 2. The minimum atomic E-state index is -0.471. The second-order valence-corrected chi connectivity index (χ2v) is 11.6. The van der Waals surface area contributed by atoms with Gasteiger partial charge in [-0.25, -0.2) is 0 Å². The molecular weight excluding hydrogens is 468 g/mol. The molecular formula is C29H38N4O4. The van der Waals surface area contributed by atoms with Gasteiger partial charge in [-0.15, -0.1) is 0 Å². The molecule has 2 amide bonds. The van der Waals surface area contributed by atoms with Crippen LogP contribution in [0.1, 0.15) is 87.3 Å². The summed E-state index contributed by atoms with van der Waals surface area (Å²) >= 11 is 0. The number of nitrogens with zero attached hydrogens (tertiary/aromatic N) is 3. The Bertz CT molecular complexity index is 1280. The van der Waals surface area contributed by atoms with Crippen molar-refractivity contribution in [3.63, 3.8) is 0 Å². The zero-order valence-electron chi connectivity index (χ0n) is 22.4. The smallest absolute Gasteiger partial charge is 0.245 e. The number of hydrogen-bond donors (Lipinski definition) is 1. The van der Waals surface area contributed by atoms with Crippen molar-refractivity contribution in [3.05, 3.63) is 29.0 Å². The molecule has 3 heterocycles. The van der Waals surface area contributed by atoms with Crippen molar-refractivity contribution in [2.75, 3.05) is 6.54 Å². The number of benzene rings is 1. The average Bonchev–Trinajstić information content (AvgIpc) is 3.26. The number of ketones is 2. The number of aromatic nitrogens is 2. The molecule has 2 bridgehead atoms. The molecule has 0 unspecified atom stereocenters. The molecule has 1 saturated carbocycles. The first-order chi connectivity index (χ1) is 17.6. The summed E-state index contributed by atoms with van der Waals surface area (Å²) in [6.45, 7) is 7.98. The van der Waals surface area contributed by atoms with E-state index in [9.17, 15) is 19.2 Å². The second-order valence-electron chi connectivity index (χ2n) is 11.6. The second kappa shape index (κ2) is 9.69. The SMILES string of the molecule is CCC(=O)[C@@H]1C[C@]23CNC(=O)C[C@@H](C)CCCCc4cc(C)cc5c(C(C)=O)nn(c45)CC(=O)N1[C@@H]2C3. The fourth-order valence-electron chi connectivity index (χ4n) is 6.67. The molecule has 0 spiro atoms. The minimum absolute atomic E-state index is 0.0106. The van der Waals surface area contributed by atoms with Gasteiger partial charge in [0.1, 0.15) is 12.2 Å². The first-order valence-electron chi connectivity index (χ1n) is 13.7. The molecule has 198 valence electrons. The fourth-order valence-corrected chi connectivity index (χ4v) is 6.67. The maximum atomic E-state index is 13.8. The highest BCUT2D eigenvalue weighted by Crippen LogP contribution is 2.59. The lowest BCUT2D eigenvalue weighted by atomic mass is 9.95. The molecule has 1 saturated heterocycles. The van der Waals surface area contributed by atoms with E-state index in [0.29, 0.717) is 31.5 Å². The summed E-state index contributed by atoms with van der Waals surface area (Å²) in [5.74, 6) is 0.122. The van der Waals surface area contributed by atoms with Gasteiger partial charge in [-0.1, -0.05) is 38.3 Å². The van der Waals surface area contributed by atoms with Crippen molar-refractivity contribution in [2.45, 2.75) is 97.7 Å². The van der Waals surface area contributed by atoms with Gasteiger partial charge < -0.3 is 10.2 Å². The van der Waals surface area contributed by atoms with E-state index >= 15 is 0 Å². The number of Topliss-reactive ketones (excluding diaryl/α,β-unsaturated/α-hetero) is 2. The summed E-state index contributed by atoms with van der Waals surface area (Å²) in [6, 6.07) is 3.59. The van der Waals surface area contributed by atoms with Crippen LogP contribution in [0.4, 0.5) is 0 Å². The topological polar surface area (TPSA) is 101 Å². The van der Waals surface area contributed by atoms with E-state index in [1.165, 1.54) is 6.92 Å². The normalized spacial score (nSPS) is 28.5. The quantitative estimate of drug-likeness (QED) is 0.639. The van der Waals surface area contributed by atoms with Crippen LogP contribution in [0.25, 0.3) is 10.9 Å². The molecule has 1 aliphatic carbocycles.